The molecule has 0 bridgehead atoms. The van der Waals surface area contributed by atoms with Crippen molar-refractivity contribution >= 4 is 0 Å². The lowest BCUT2D eigenvalue weighted by Crippen LogP contribution is -2.35. The molecule has 3 rings (SSSR count). The fourth-order valence-corrected chi connectivity index (χ4v) is 7.07. The summed E-state index contributed by atoms with van der Waals surface area (Å²) < 4.78 is 25.6. The lowest BCUT2D eigenvalue weighted by atomic mass is 9.72. The summed E-state index contributed by atoms with van der Waals surface area (Å²) >= 11 is 0. The Kier molecular flexibility index (Phi) is 13.3. The van der Waals surface area contributed by atoms with E-state index in [2.05, 4.69) is 67.2 Å². The standard InChI is InChI=1S/C12H21N.C11H20F2.C11H22O/c1-11(2,3)10-12(13-4)8-6-5-7-9-12;1-10(2,3)8-9-4-6-11(12,13)7-5-9;1-10(2,3)9-11(12)7-5-4-6-8-11/h5-10H2,1-3H3;9H,4-8H2,1-3H3;12H,4-9H2,1-3H3. The van der Waals surface area contributed by atoms with Crippen molar-refractivity contribution in [2.75, 3.05) is 0 Å². The van der Waals surface area contributed by atoms with Crippen LogP contribution >= 0.6 is 0 Å². The molecule has 0 unspecified atom stereocenters. The van der Waals surface area contributed by atoms with Gasteiger partial charge >= 0.3 is 0 Å². The molecule has 0 amide bonds. The van der Waals surface area contributed by atoms with E-state index in [-0.39, 0.29) is 34.8 Å². The van der Waals surface area contributed by atoms with Crippen LogP contribution in [0.2, 0.25) is 0 Å². The van der Waals surface area contributed by atoms with Crippen LogP contribution in [0.15, 0.2) is 0 Å². The number of alkyl halides is 2. The van der Waals surface area contributed by atoms with Crippen molar-refractivity contribution in [3.8, 4) is 0 Å². The fourth-order valence-electron chi connectivity index (χ4n) is 7.07. The van der Waals surface area contributed by atoms with Crippen molar-refractivity contribution in [3.63, 3.8) is 0 Å². The third-order valence-corrected chi connectivity index (χ3v) is 8.26. The summed E-state index contributed by atoms with van der Waals surface area (Å²) in [6, 6.07) is 0. The molecule has 3 saturated carbocycles. The molecule has 0 spiro atoms. The van der Waals surface area contributed by atoms with Crippen molar-refractivity contribution in [1.29, 1.82) is 0 Å². The molecule has 3 aliphatic carbocycles. The van der Waals surface area contributed by atoms with Crippen LogP contribution in [-0.4, -0.2) is 22.2 Å². The van der Waals surface area contributed by atoms with Crippen LogP contribution in [0.1, 0.15) is 171 Å². The second-order valence-corrected chi connectivity index (χ2v) is 16.7. The van der Waals surface area contributed by atoms with Crippen LogP contribution in [0.4, 0.5) is 8.78 Å². The number of rotatable bonds is 3. The molecule has 0 aromatic carbocycles. The number of hydrogen-bond acceptors (Lipinski definition) is 1. The maximum absolute atomic E-state index is 12.8. The molecule has 38 heavy (non-hydrogen) atoms. The van der Waals surface area contributed by atoms with Gasteiger partial charge in [-0.1, -0.05) is 88.0 Å². The second kappa shape index (κ2) is 14.3. The van der Waals surface area contributed by atoms with Crippen molar-refractivity contribution < 1.29 is 13.9 Å². The largest absolute Gasteiger partial charge is 0.390 e. The van der Waals surface area contributed by atoms with Gasteiger partial charge < -0.3 is 9.95 Å². The van der Waals surface area contributed by atoms with Gasteiger partial charge in [0.15, 0.2) is 0 Å². The molecular formula is C34H63F2NO. The fraction of sp³-hybridized carbons (Fsp3) is 0.971. The summed E-state index contributed by atoms with van der Waals surface area (Å²) in [5.41, 5.74) is 0.526. The Balaban J connectivity index is 0.000000285. The lowest BCUT2D eigenvalue weighted by molar-refractivity contribution is -0.0494. The topological polar surface area (TPSA) is 24.6 Å². The van der Waals surface area contributed by atoms with E-state index in [4.69, 9.17) is 6.57 Å². The van der Waals surface area contributed by atoms with Crippen LogP contribution in [0.25, 0.3) is 4.85 Å². The minimum absolute atomic E-state index is 0.00347. The third-order valence-electron chi connectivity index (χ3n) is 8.26. The second-order valence-electron chi connectivity index (χ2n) is 16.7. The summed E-state index contributed by atoms with van der Waals surface area (Å²) in [5, 5.41) is 10.2. The summed E-state index contributed by atoms with van der Waals surface area (Å²) in [7, 11) is 0. The summed E-state index contributed by atoms with van der Waals surface area (Å²) in [5.74, 6) is -1.84. The van der Waals surface area contributed by atoms with Gasteiger partial charge in [0.1, 0.15) is 0 Å². The van der Waals surface area contributed by atoms with E-state index >= 15 is 0 Å². The third kappa shape index (κ3) is 15.8. The average Bonchev–Trinajstić information content (AvgIpc) is 2.74. The Morgan fingerprint density at radius 1 is 0.658 bits per heavy atom. The van der Waals surface area contributed by atoms with Crippen molar-refractivity contribution in [2.45, 2.75) is 189 Å². The molecule has 0 heterocycles. The maximum Gasteiger partial charge on any atom is 0.248 e. The van der Waals surface area contributed by atoms with Gasteiger partial charge in [-0.3, -0.25) is 0 Å². The Hall–Kier alpha value is -0.690. The van der Waals surface area contributed by atoms with Gasteiger partial charge in [0.05, 0.1) is 5.60 Å². The highest BCUT2D eigenvalue weighted by Crippen LogP contribution is 2.42. The highest BCUT2D eigenvalue weighted by Gasteiger charge is 2.41. The quantitative estimate of drug-likeness (QED) is 0.354. The molecule has 0 aliphatic heterocycles. The first-order chi connectivity index (χ1) is 17.2. The highest BCUT2D eigenvalue weighted by molar-refractivity contribution is 5.02. The Labute approximate surface area is 236 Å². The van der Waals surface area contributed by atoms with Gasteiger partial charge in [0, 0.05) is 32.1 Å². The predicted octanol–water partition coefficient (Wildman–Crippen LogP) is 11.4. The molecule has 0 aromatic rings. The maximum atomic E-state index is 12.8. The number of halogens is 2. The monoisotopic (exact) mass is 539 g/mol. The molecule has 3 aliphatic rings. The molecule has 0 atom stereocenters. The molecule has 3 fully saturated rings. The first-order valence-corrected chi connectivity index (χ1v) is 15.7. The van der Waals surface area contributed by atoms with Crippen LogP contribution in [0.3, 0.4) is 0 Å². The zero-order valence-corrected chi connectivity index (χ0v) is 26.7. The summed E-state index contributed by atoms with van der Waals surface area (Å²) in [6.45, 7) is 27.2. The first kappa shape index (κ1) is 35.3. The molecule has 224 valence electrons. The van der Waals surface area contributed by atoms with E-state index in [0.29, 0.717) is 24.2 Å². The molecule has 1 N–H and O–H groups in total. The van der Waals surface area contributed by atoms with Gasteiger partial charge in [0.2, 0.25) is 11.5 Å². The van der Waals surface area contributed by atoms with E-state index in [1.54, 1.807) is 0 Å². The van der Waals surface area contributed by atoms with Crippen LogP contribution < -0.4 is 0 Å². The minimum Gasteiger partial charge on any atom is -0.390 e. The van der Waals surface area contributed by atoms with Gasteiger partial charge in [0.25, 0.3) is 0 Å². The van der Waals surface area contributed by atoms with Crippen molar-refractivity contribution in [3.05, 3.63) is 11.4 Å². The average molecular weight is 540 g/mol. The number of aliphatic hydroxyl groups is 1. The van der Waals surface area contributed by atoms with Gasteiger partial charge in [-0.15, -0.1) is 0 Å². The van der Waals surface area contributed by atoms with Crippen molar-refractivity contribution in [2.24, 2.45) is 22.2 Å². The normalized spacial score (nSPS) is 23.7. The highest BCUT2D eigenvalue weighted by atomic mass is 19.3. The molecule has 2 nitrogen and oxygen atoms in total. The van der Waals surface area contributed by atoms with E-state index in [1.165, 1.54) is 38.5 Å². The summed E-state index contributed by atoms with van der Waals surface area (Å²) in [6.07, 6.45) is 16.7. The molecule has 0 saturated heterocycles. The van der Waals surface area contributed by atoms with Crippen LogP contribution in [0.5, 0.6) is 0 Å². The smallest absolute Gasteiger partial charge is 0.248 e. The molecule has 0 radical (unpaired) electrons. The Bertz CT molecular complexity index is 695. The first-order valence-electron chi connectivity index (χ1n) is 15.7. The van der Waals surface area contributed by atoms with Crippen LogP contribution in [0, 0.1) is 28.7 Å². The van der Waals surface area contributed by atoms with E-state index in [1.807, 2.05) is 0 Å². The van der Waals surface area contributed by atoms with Crippen LogP contribution in [-0.2, 0) is 0 Å². The minimum atomic E-state index is -2.37. The molecule has 0 aromatic heterocycles. The predicted molar refractivity (Wildman–Crippen MR) is 160 cm³/mol. The van der Waals surface area contributed by atoms with Gasteiger partial charge in [-0.25, -0.2) is 15.4 Å². The molecular weight excluding hydrogens is 476 g/mol. The number of hydrogen-bond donors (Lipinski definition) is 1. The Morgan fingerprint density at radius 3 is 1.45 bits per heavy atom. The zero-order valence-electron chi connectivity index (χ0n) is 26.7. The SMILES string of the molecule is CC(C)(C)CC1(O)CCCCC1.CC(C)(C)CC1CCC(F)(F)CC1.[C-]#[N+]C1(CC(C)(C)C)CCCCC1. The lowest BCUT2D eigenvalue weighted by Gasteiger charge is -2.37. The number of nitrogens with zero attached hydrogens (tertiary/aromatic N) is 1. The van der Waals surface area contributed by atoms with Crippen molar-refractivity contribution in [1.82, 2.24) is 0 Å². The van der Waals surface area contributed by atoms with E-state index in [0.717, 1.165) is 44.9 Å². The van der Waals surface area contributed by atoms with E-state index in [9.17, 15) is 13.9 Å². The summed E-state index contributed by atoms with van der Waals surface area (Å²) in [4.78, 5) is 3.91. The zero-order chi connectivity index (χ0) is 29.3. The van der Waals surface area contributed by atoms with Gasteiger partial charge in [-0.2, -0.15) is 0 Å². The molecule has 4 heteroatoms. The van der Waals surface area contributed by atoms with Gasteiger partial charge in [-0.05, 0) is 73.5 Å². The van der Waals surface area contributed by atoms with E-state index < -0.39 is 5.92 Å². The Morgan fingerprint density at radius 2 is 1.08 bits per heavy atom.